The van der Waals surface area contributed by atoms with E-state index in [0.29, 0.717) is 4.83 Å². The molecule has 1 aliphatic carbocycles. The summed E-state index contributed by atoms with van der Waals surface area (Å²) < 4.78 is 1.27. The predicted octanol–water partition coefficient (Wildman–Crippen LogP) is 5.38. The van der Waals surface area contributed by atoms with Crippen molar-refractivity contribution in [2.24, 2.45) is 11.8 Å². The first-order chi connectivity index (χ1) is 6.70. The van der Waals surface area contributed by atoms with Crippen LogP contribution in [0.15, 0.2) is 15.9 Å². The van der Waals surface area contributed by atoms with E-state index in [1.165, 1.54) is 28.6 Å². The summed E-state index contributed by atoms with van der Waals surface area (Å²) >= 11 is 9.33. The second-order valence-corrected chi connectivity index (χ2v) is 6.90. The average Bonchev–Trinajstić information content (AvgIpc) is 2.73. The molecule has 14 heavy (non-hydrogen) atoms. The van der Waals surface area contributed by atoms with Gasteiger partial charge in [0.15, 0.2) is 0 Å². The lowest BCUT2D eigenvalue weighted by molar-refractivity contribution is 0.416. The summed E-state index contributed by atoms with van der Waals surface area (Å²) in [6.45, 7) is 2.38. The van der Waals surface area contributed by atoms with Crippen molar-refractivity contribution in [1.29, 1.82) is 0 Å². The van der Waals surface area contributed by atoms with Crippen LogP contribution in [0.4, 0.5) is 0 Å². The molecular weight excluding hydrogens is 324 g/mol. The van der Waals surface area contributed by atoms with Gasteiger partial charge in [0.1, 0.15) is 0 Å². The summed E-state index contributed by atoms with van der Waals surface area (Å²) in [5.74, 6) is 1.69. The maximum Gasteiger partial charge on any atom is 0.0531 e. The molecule has 0 N–H and O–H groups in total. The molecule has 1 saturated carbocycles. The van der Waals surface area contributed by atoms with Gasteiger partial charge in [0, 0.05) is 9.35 Å². The summed E-state index contributed by atoms with van der Waals surface area (Å²) in [6, 6.07) is 2.15. The molecule has 1 fully saturated rings. The van der Waals surface area contributed by atoms with Crippen molar-refractivity contribution in [3.8, 4) is 0 Å². The van der Waals surface area contributed by atoms with Crippen LogP contribution in [0.5, 0.6) is 0 Å². The Labute approximate surface area is 106 Å². The Morgan fingerprint density at radius 3 is 2.79 bits per heavy atom. The topological polar surface area (TPSA) is 0 Å². The van der Waals surface area contributed by atoms with Crippen molar-refractivity contribution in [3.63, 3.8) is 0 Å². The van der Waals surface area contributed by atoms with Crippen molar-refractivity contribution >= 4 is 43.2 Å². The molecule has 1 heterocycles. The van der Waals surface area contributed by atoms with E-state index in [2.05, 4.69) is 50.2 Å². The van der Waals surface area contributed by atoms with E-state index < -0.39 is 0 Å². The highest BCUT2D eigenvalue weighted by molar-refractivity contribution is 9.11. The standard InChI is InChI=1S/C11H14Br2S/c1-7-3-2-4-8(7)10(13)11-9(12)5-6-14-11/h5-8,10H,2-4H2,1H3. The molecule has 0 aliphatic heterocycles. The van der Waals surface area contributed by atoms with Gasteiger partial charge < -0.3 is 0 Å². The van der Waals surface area contributed by atoms with Gasteiger partial charge in [0.05, 0.1) is 4.83 Å². The number of hydrogen-bond acceptors (Lipinski definition) is 1. The molecular formula is C11H14Br2S. The summed E-state index contributed by atoms with van der Waals surface area (Å²) in [5, 5.41) is 2.16. The average molecular weight is 338 g/mol. The number of thiophene rings is 1. The fraction of sp³-hybridized carbons (Fsp3) is 0.636. The van der Waals surface area contributed by atoms with E-state index >= 15 is 0 Å². The monoisotopic (exact) mass is 336 g/mol. The minimum absolute atomic E-state index is 0.550. The SMILES string of the molecule is CC1CCCC1C(Br)c1sccc1Br. The lowest BCUT2D eigenvalue weighted by atomic mass is 9.94. The maximum atomic E-state index is 3.86. The zero-order valence-corrected chi connectivity index (χ0v) is 12.2. The highest BCUT2D eigenvalue weighted by Gasteiger charge is 2.31. The van der Waals surface area contributed by atoms with E-state index in [4.69, 9.17) is 0 Å². The van der Waals surface area contributed by atoms with Crippen LogP contribution < -0.4 is 0 Å². The Bertz CT molecular complexity index is 308. The smallest absolute Gasteiger partial charge is 0.0531 e. The lowest BCUT2D eigenvalue weighted by Gasteiger charge is -2.21. The highest BCUT2D eigenvalue weighted by Crippen LogP contribution is 2.47. The molecule has 0 radical (unpaired) electrons. The molecule has 0 amide bonds. The number of alkyl halides is 1. The van der Waals surface area contributed by atoms with Crippen LogP contribution in [0.3, 0.4) is 0 Å². The van der Waals surface area contributed by atoms with Gasteiger partial charge >= 0.3 is 0 Å². The molecule has 3 unspecified atom stereocenters. The van der Waals surface area contributed by atoms with Crippen LogP contribution in [-0.4, -0.2) is 0 Å². The number of halogens is 2. The minimum Gasteiger partial charge on any atom is -0.147 e. The summed E-state index contributed by atoms with van der Waals surface area (Å²) in [4.78, 5) is 2.01. The lowest BCUT2D eigenvalue weighted by Crippen LogP contribution is -2.09. The van der Waals surface area contributed by atoms with Gasteiger partial charge in [-0.1, -0.05) is 35.7 Å². The van der Waals surface area contributed by atoms with Gasteiger partial charge in [-0.05, 0) is 45.6 Å². The van der Waals surface area contributed by atoms with Crippen molar-refractivity contribution in [1.82, 2.24) is 0 Å². The largest absolute Gasteiger partial charge is 0.147 e. The van der Waals surface area contributed by atoms with Crippen molar-refractivity contribution in [2.45, 2.75) is 31.0 Å². The molecule has 1 aromatic heterocycles. The summed E-state index contributed by atoms with van der Waals surface area (Å²) in [5.41, 5.74) is 0. The molecule has 0 aromatic carbocycles. The first-order valence-corrected chi connectivity index (χ1v) is 7.66. The third-order valence-corrected chi connectivity index (χ3v) is 6.59. The highest BCUT2D eigenvalue weighted by atomic mass is 79.9. The van der Waals surface area contributed by atoms with Crippen LogP contribution in [-0.2, 0) is 0 Å². The van der Waals surface area contributed by atoms with Gasteiger partial charge in [0.25, 0.3) is 0 Å². The predicted molar refractivity (Wildman–Crippen MR) is 70.2 cm³/mol. The van der Waals surface area contributed by atoms with Gasteiger partial charge in [0.2, 0.25) is 0 Å². The zero-order valence-electron chi connectivity index (χ0n) is 8.17. The van der Waals surface area contributed by atoms with Crippen molar-refractivity contribution in [2.75, 3.05) is 0 Å². The first kappa shape index (κ1) is 11.2. The Morgan fingerprint density at radius 1 is 1.50 bits per heavy atom. The summed E-state index contributed by atoms with van der Waals surface area (Å²) in [7, 11) is 0. The van der Waals surface area contributed by atoms with Crippen LogP contribution in [0.25, 0.3) is 0 Å². The number of hydrogen-bond donors (Lipinski definition) is 0. The normalized spacial score (nSPS) is 29.4. The minimum atomic E-state index is 0.550. The fourth-order valence-electron chi connectivity index (χ4n) is 2.31. The van der Waals surface area contributed by atoms with Crippen LogP contribution in [0, 0.1) is 11.8 Å². The molecule has 78 valence electrons. The molecule has 0 nitrogen and oxygen atoms in total. The number of rotatable bonds is 2. The Morgan fingerprint density at radius 2 is 2.29 bits per heavy atom. The van der Waals surface area contributed by atoms with E-state index in [1.54, 1.807) is 0 Å². The Hall–Kier alpha value is 0.660. The molecule has 0 spiro atoms. The molecule has 2 rings (SSSR count). The van der Waals surface area contributed by atoms with Crippen molar-refractivity contribution < 1.29 is 0 Å². The third kappa shape index (κ3) is 2.10. The van der Waals surface area contributed by atoms with Crippen LogP contribution in [0.1, 0.15) is 35.9 Å². The van der Waals surface area contributed by atoms with Crippen molar-refractivity contribution in [3.05, 3.63) is 20.8 Å². The third-order valence-electron chi connectivity index (χ3n) is 3.20. The van der Waals surface area contributed by atoms with E-state index in [0.717, 1.165) is 11.8 Å². The van der Waals surface area contributed by atoms with Gasteiger partial charge in [-0.25, -0.2) is 0 Å². The van der Waals surface area contributed by atoms with E-state index in [1.807, 2.05) is 11.3 Å². The molecule has 1 aromatic rings. The second-order valence-electron chi connectivity index (χ2n) is 4.11. The van der Waals surface area contributed by atoms with Gasteiger partial charge in [-0.2, -0.15) is 0 Å². The fourth-order valence-corrected chi connectivity index (χ4v) is 5.64. The second kappa shape index (κ2) is 4.67. The zero-order chi connectivity index (χ0) is 10.1. The molecule has 3 atom stereocenters. The van der Waals surface area contributed by atoms with Crippen LogP contribution in [0.2, 0.25) is 0 Å². The quantitative estimate of drug-likeness (QED) is 0.635. The van der Waals surface area contributed by atoms with Gasteiger partial charge in [-0.3, -0.25) is 0 Å². The first-order valence-electron chi connectivity index (χ1n) is 5.07. The van der Waals surface area contributed by atoms with E-state index in [-0.39, 0.29) is 0 Å². The van der Waals surface area contributed by atoms with Crippen LogP contribution >= 0.6 is 43.2 Å². The Kier molecular flexibility index (Phi) is 3.72. The molecule has 0 saturated heterocycles. The Balaban J connectivity index is 2.15. The molecule has 0 bridgehead atoms. The molecule has 3 heteroatoms. The molecule has 1 aliphatic rings. The van der Waals surface area contributed by atoms with E-state index in [9.17, 15) is 0 Å². The maximum absolute atomic E-state index is 3.86. The van der Waals surface area contributed by atoms with Gasteiger partial charge in [-0.15, -0.1) is 11.3 Å². The summed E-state index contributed by atoms with van der Waals surface area (Å²) in [6.07, 6.45) is 4.17.